The van der Waals surface area contributed by atoms with Crippen LogP contribution in [0.3, 0.4) is 0 Å². The van der Waals surface area contributed by atoms with Crippen LogP contribution in [0.25, 0.3) is 0 Å². The Bertz CT molecular complexity index is 1210. The van der Waals surface area contributed by atoms with Crippen LogP contribution in [0.5, 0.6) is 0 Å². The molecule has 4 aliphatic heterocycles. The first-order chi connectivity index (χ1) is 20.1. The van der Waals surface area contributed by atoms with Crippen LogP contribution in [0.1, 0.15) is 61.8 Å². The van der Waals surface area contributed by atoms with E-state index in [-0.39, 0.29) is 62.3 Å². The van der Waals surface area contributed by atoms with Gasteiger partial charge in [-0.05, 0) is 33.8 Å². The third kappa shape index (κ3) is 5.13. The number of nitrogens with zero attached hydrogens (tertiary/aromatic N) is 4. The normalized spacial score (nSPS) is 36.9. The van der Waals surface area contributed by atoms with E-state index in [1.807, 2.05) is 0 Å². The first-order valence-electron chi connectivity index (χ1n) is 15.2. The summed E-state index contributed by atoms with van der Waals surface area (Å²) < 4.78 is 33.8. The molecule has 1 unspecified atom stereocenters. The second-order valence-corrected chi connectivity index (χ2v) is 22.5. The molecule has 5 heterocycles. The maximum Gasteiger partial charge on any atom is 0.335 e. The fourth-order valence-electron chi connectivity index (χ4n) is 7.23. The van der Waals surface area contributed by atoms with Gasteiger partial charge in [-0.15, -0.1) is 0 Å². The smallest absolute Gasteiger partial charge is 0.335 e. The van der Waals surface area contributed by atoms with Crippen molar-refractivity contribution in [2.75, 3.05) is 18.9 Å². The molecular formula is C27H47ClN5O8Si2+. The van der Waals surface area contributed by atoms with Gasteiger partial charge in [-0.1, -0.05) is 55.4 Å². The Balaban J connectivity index is 1.63. The van der Waals surface area contributed by atoms with E-state index in [0.717, 1.165) is 0 Å². The standard InChI is InChI=1S/C27H47ClN5O8Si2/c1-13(2)42(14(3)4)37-11-19-23(40-43(41-42,15(5)6)16(7)8)22(36)26(39-19)33(20-9-17(35)18(10-34)38-20)12-30-21-24(29)31-27(28)32-25(21)33/h12-20,22-23,26,34-36H,9-11H2,1-8H3,(H2,29,31,32)/q+1/t17-,18+,19+,20-,22+,23+,26+,33?/m0/s1. The van der Waals surface area contributed by atoms with Gasteiger partial charge in [0, 0.05) is 0 Å². The number of anilines is 1. The Morgan fingerprint density at radius 3 is 2.19 bits per heavy atom. The fraction of sp³-hybridized carbons (Fsp3) is 0.815. The molecule has 16 heteroatoms. The average molecular weight is 661 g/mol. The molecule has 0 aliphatic carbocycles. The van der Waals surface area contributed by atoms with Crippen molar-refractivity contribution in [2.24, 2.45) is 4.99 Å². The number of halogens is 1. The first-order valence-corrected chi connectivity index (χ1v) is 19.5. The highest BCUT2D eigenvalue weighted by Gasteiger charge is 2.67. The molecule has 3 fully saturated rings. The Labute approximate surface area is 260 Å². The third-order valence-corrected chi connectivity index (χ3v) is 20.0. The summed E-state index contributed by atoms with van der Waals surface area (Å²) in [6, 6.07) is 0. The first kappa shape index (κ1) is 33.3. The van der Waals surface area contributed by atoms with Gasteiger partial charge in [0.25, 0.3) is 5.82 Å². The minimum atomic E-state index is -3.07. The van der Waals surface area contributed by atoms with E-state index in [9.17, 15) is 15.3 Å². The van der Waals surface area contributed by atoms with E-state index in [0.29, 0.717) is 0 Å². The Morgan fingerprint density at radius 1 is 1.00 bits per heavy atom. The monoisotopic (exact) mass is 660 g/mol. The molecule has 242 valence electrons. The van der Waals surface area contributed by atoms with Gasteiger partial charge in [-0.25, -0.2) is 0 Å². The zero-order valence-electron chi connectivity index (χ0n) is 26.2. The van der Waals surface area contributed by atoms with Crippen LogP contribution in [0.15, 0.2) is 4.99 Å². The minimum Gasteiger partial charge on any atom is -0.414 e. The number of aliphatic imine (C=N–C) groups is 1. The second-order valence-electron chi connectivity index (χ2n) is 13.4. The molecule has 3 saturated heterocycles. The summed E-state index contributed by atoms with van der Waals surface area (Å²) in [4.78, 5) is 13.1. The number of fused-ring (bicyclic) bond motifs is 2. The van der Waals surface area contributed by atoms with Gasteiger partial charge in [0.1, 0.15) is 18.3 Å². The molecular weight excluding hydrogens is 614 g/mol. The van der Waals surface area contributed by atoms with E-state index in [4.69, 9.17) is 39.8 Å². The highest BCUT2D eigenvalue weighted by molar-refractivity contribution is 6.84. The Kier molecular flexibility index (Phi) is 9.23. The zero-order valence-corrected chi connectivity index (χ0v) is 28.9. The van der Waals surface area contributed by atoms with Gasteiger partial charge in [0.15, 0.2) is 17.6 Å². The molecule has 0 amide bonds. The molecule has 1 aromatic rings. The SMILES string of the molecule is CC(C)[Si]1(C(C)C)OC[C@H]2O[C@@H]([N+]3([C@@H]4C[C@H](O)[C@@H](CO)O4)C=Nc4c(N)nc(Cl)nc43)[C@H](O)[C@@H]2O[Si](C(C)C)(C(C)C)O1. The number of hydrogen-bond acceptors (Lipinski definition) is 12. The summed E-state index contributed by atoms with van der Waals surface area (Å²) in [5.41, 5.74) is 6.86. The maximum absolute atomic E-state index is 12.2. The zero-order chi connectivity index (χ0) is 31.6. The van der Waals surface area contributed by atoms with Crippen LogP contribution in [0.4, 0.5) is 17.3 Å². The summed E-state index contributed by atoms with van der Waals surface area (Å²) in [5, 5.41) is 32.8. The molecule has 1 aromatic heterocycles. The molecule has 13 nitrogen and oxygen atoms in total. The van der Waals surface area contributed by atoms with Gasteiger partial charge in [-0.3, -0.25) is 0 Å². The van der Waals surface area contributed by atoms with E-state index in [1.54, 1.807) is 6.34 Å². The van der Waals surface area contributed by atoms with Crippen LogP contribution < -0.4 is 10.2 Å². The van der Waals surface area contributed by atoms with Crippen molar-refractivity contribution >= 4 is 52.4 Å². The molecule has 0 radical (unpaired) electrons. The van der Waals surface area contributed by atoms with Crippen LogP contribution >= 0.6 is 11.6 Å². The lowest BCUT2D eigenvalue weighted by molar-refractivity contribution is -0.133. The second kappa shape index (κ2) is 11.9. The number of quaternary nitrogens is 1. The number of aliphatic hydroxyl groups excluding tert-OH is 3. The molecule has 8 atom stereocenters. The lowest BCUT2D eigenvalue weighted by atomic mass is 10.1. The number of nitrogens with two attached hydrogens (primary N) is 1. The van der Waals surface area contributed by atoms with Crippen molar-refractivity contribution in [3.8, 4) is 0 Å². The number of hydrogen-bond donors (Lipinski definition) is 4. The molecule has 43 heavy (non-hydrogen) atoms. The number of nitrogen functional groups attached to an aromatic ring is 1. The van der Waals surface area contributed by atoms with Crippen molar-refractivity contribution in [1.82, 2.24) is 14.5 Å². The van der Waals surface area contributed by atoms with E-state index >= 15 is 0 Å². The van der Waals surface area contributed by atoms with Crippen LogP contribution in [0, 0.1) is 0 Å². The maximum atomic E-state index is 12.2. The van der Waals surface area contributed by atoms with Crippen LogP contribution in [-0.2, 0) is 22.4 Å². The molecule has 0 bridgehead atoms. The van der Waals surface area contributed by atoms with E-state index in [1.165, 1.54) is 0 Å². The molecule has 5 rings (SSSR count). The number of rotatable bonds is 7. The predicted octanol–water partition coefficient (Wildman–Crippen LogP) is 3.20. The highest BCUT2D eigenvalue weighted by atomic mass is 35.5. The quantitative estimate of drug-likeness (QED) is 0.192. The average Bonchev–Trinajstić information content (AvgIpc) is 3.57. The summed E-state index contributed by atoms with van der Waals surface area (Å²) in [6.07, 6.45) is -4.73. The molecule has 4 aliphatic rings. The minimum absolute atomic E-state index is 0.0488. The van der Waals surface area contributed by atoms with Crippen molar-refractivity contribution in [1.29, 1.82) is 0 Å². The summed E-state index contributed by atoms with van der Waals surface area (Å²) in [5.74, 6) is 0.332. The molecule has 5 N–H and O–H groups in total. The number of aromatic nitrogens is 2. The van der Waals surface area contributed by atoms with E-state index in [2.05, 4.69) is 70.4 Å². The lowest BCUT2D eigenvalue weighted by Gasteiger charge is -2.51. The number of ether oxygens (including phenoxy) is 2. The Hall–Kier alpha value is -1.09. The summed E-state index contributed by atoms with van der Waals surface area (Å²) in [6.45, 7) is 16.8. The highest BCUT2D eigenvalue weighted by Crippen LogP contribution is 2.52. The molecule has 0 spiro atoms. The number of aliphatic hydroxyl groups is 3. The summed E-state index contributed by atoms with van der Waals surface area (Å²) in [7, 11) is -5.92. The summed E-state index contributed by atoms with van der Waals surface area (Å²) >= 11 is 6.30. The Morgan fingerprint density at radius 2 is 1.63 bits per heavy atom. The predicted molar refractivity (Wildman–Crippen MR) is 166 cm³/mol. The van der Waals surface area contributed by atoms with Gasteiger partial charge >= 0.3 is 17.1 Å². The fourth-order valence-corrected chi connectivity index (χ4v) is 18.6. The van der Waals surface area contributed by atoms with Gasteiger partial charge in [0.2, 0.25) is 24.1 Å². The van der Waals surface area contributed by atoms with Crippen molar-refractivity contribution < 1.29 is 37.8 Å². The molecule has 0 saturated carbocycles. The topological polar surface area (TPSA) is 171 Å². The van der Waals surface area contributed by atoms with Crippen molar-refractivity contribution in [3.63, 3.8) is 0 Å². The van der Waals surface area contributed by atoms with E-state index < -0.39 is 66.7 Å². The van der Waals surface area contributed by atoms with Gasteiger partial charge in [-0.2, -0.15) is 19.4 Å². The van der Waals surface area contributed by atoms with Gasteiger partial charge < -0.3 is 43.5 Å². The van der Waals surface area contributed by atoms with Crippen molar-refractivity contribution in [2.45, 2.75) is 127 Å². The third-order valence-electron chi connectivity index (χ3n) is 9.53. The molecule has 0 aromatic carbocycles. The van der Waals surface area contributed by atoms with Gasteiger partial charge in [0.05, 0.1) is 25.7 Å². The largest absolute Gasteiger partial charge is 0.414 e. The van der Waals surface area contributed by atoms with Crippen molar-refractivity contribution in [3.05, 3.63) is 5.28 Å². The lowest BCUT2D eigenvalue weighted by Crippen LogP contribution is -2.67. The van der Waals surface area contributed by atoms with Crippen LogP contribution in [0.2, 0.25) is 27.4 Å². The van der Waals surface area contributed by atoms with Crippen LogP contribution in [-0.4, -0.2) is 105 Å².